The van der Waals surface area contributed by atoms with E-state index in [4.69, 9.17) is 5.11 Å². The fraction of sp³-hybridized carbons (Fsp3) is 0.667. The first-order valence-electron chi connectivity index (χ1n) is 1.45. The van der Waals surface area contributed by atoms with Crippen LogP contribution < -0.4 is 0 Å². The van der Waals surface area contributed by atoms with Gasteiger partial charge in [-0.15, -0.1) is 0 Å². The highest BCUT2D eigenvalue weighted by Crippen LogP contribution is 1.74. The molecule has 0 atom stereocenters. The second-order valence-corrected chi connectivity index (χ2v) is 1.02. The van der Waals surface area contributed by atoms with E-state index in [1.165, 1.54) is 0 Å². The molecule has 0 rings (SSSR count). The predicted octanol–water partition coefficient (Wildman–Crippen LogP) is 0.113. The molecule has 0 aliphatic carbocycles. The molecular formula is C3H7OS. The van der Waals surface area contributed by atoms with Crippen molar-refractivity contribution in [2.75, 3.05) is 12.4 Å². The number of thiol groups is 1. The van der Waals surface area contributed by atoms with Crippen molar-refractivity contribution >= 4 is 12.6 Å². The third-order valence-corrected chi connectivity index (χ3v) is 0.516. The van der Waals surface area contributed by atoms with Crippen molar-refractivity contribution in [3.63, 3.8) is 0 Å². The van der Waals surface area contributed by atoms with E-state index in [1.54, 1.807) is 6.42 Å². The molecule has 0 fully saturated rings. The standard InChI is InChI=1S/C3H7OS/c4-2-1-3-5/h1,4-5H,2-3H2. The minimum atomic E-state index is 0.142. The van der Waals surface area contributed by atoms with E-state index in [1.807, 2.05) is 0 Å². The van der Waals surface area contributed by atoms with E-state index >= 15 is 0 Å². The third-order valence-electron chi connectivity index (χ3n) is 0.258. The molecule has 1 nitrogen and oxygen atoms in total. The summed E-state index contributed by atoms with van der Waals surface area (Å²) >= 11 is 3.79. The number of hydrogen-bond acceptors (Lipinski definition) is 2. The SMILES string of the molecule is OC[CH]CS. The smallest absolute Gasteiger partial charge is 0.0470 e. The lowest BCUT2D eigenvalue weighted by atomic mass is 10.5. The molecule has 0 aromatic rings. The second kappa shape index (κ2) is 4.31. The van der Waals surface area contributed by atoms with Gasteiger partial charge in [0.1, 0.15) is 0 Å². The maximum atomic E-state index is 7.96. The van der Waals surface area contributed by atoms with Gasteiger partial charge >= 0.3 is 0 Å². The Morgan fingerprint density at radius 3 is 2.40 bits per heavy atom. The Balaban J connectivity index is 2.19. The van der Waals surface area contributed by atoms with Crippen molar-refractivity contribution in [3.05, 3.63) is 6.42 Å². The second-order valence-electron chi connectivity index (χ2n) is 0.654. The number of hydrogen-bond donors (Lipinski definition) is 2. The van der Waals surface area contributed by atoms with Crippen LogP contribution in [0.5, 0.6) is 0 Å². The van der Waals surface area contributed by atoms with Gasteiger partial charge in [0.15, 0.2) is 0 Å². The van der Waals surface area contributed by atoms with Crippen LogP contribution in [0.25, 0.3) is 0 Å². The summed E-state index contributed by atoms with van der Waals surface area (Å²) < 4.78 is 0. The van der Waals surface area contributed by atoms with E-state index in [9.17, 15) is 0 Å². The summed E-state index contributed by atoms with van der Waals surface area (Å²) in [7, 11) is 0. The molecule has 0 heterocycles. The Morgan fingerprint density at radius 2 is 2.40 bits per heavy atom. The summed E-state index contributed by atoms with van der Waals surface area (Å²) in [5, 5.41) is 7.96. The van der Waals surface area contributed by atoms with E-state index in [-0.39, 0.29) is 6.61 Å². The van der Waals surface area contributed by atoms with Gasteiger partial charge in [-0.1, -0.05) is 0 Å². The van der Waals surface area contributed by atoms with Crippen molar-refractivity contribution in [2.24, 2.45) is 0 Å². The quantitative estimate of drug-likeness (QED) is 0.462. The normalized spacial score (nSPS) is 8.40. The zero-order valence-corrected chi connectivity index (χ0v) is 3.78. The van der Waals surface area contributed by atoms with Crippen LogP contribution in [0, 0.1) is 6.42 Å². The van der Waals surface area contributed by atoms with Gasteiger partial charge in [-0.3, -0.25) is 0 Å². The van der Waals surface area contributed by atoms with Crippen LogP contribution in [0.3, 0.4) is 0 Å². The van der Waals surface area contributed by atoms with Crippen LogP contribution in [0.4, 0.5) is 0 Å². The Morgan fingerprint density at radius 1 is 1.80 bits per heavy atom. The lowest BCUT2D eigenvalue weighted by Crippen LogP contribution is -1.81. The average Bonchev–Trinajstić information content (AvgIpc) is 1.41. The molecular weight excluding hydrogens is 84.1 g/mol. The monoisotopic (exact) mass is 91.0 g/mol. The lowest BCUT2D eigenvalue weighted by molar-refractivity contribution is 0.329. The van der Waals surface area contributed by atoms with Crippen molar-refractivity contribution in [3.8, 4) is 0 Å². The maximum Gasteiger partial charge on any atom is 0.0470 e. The summed E-state index contributed by atoms with van der Waals surface area (Å²) in [5.74, 6) is 0.663. The van der Waals surface area contributed by atoms with Gasteiger partial charge in [-0.2, -0.15) is 12.6 Å². The molecule has 0 amide bonds. The Labute approximate surface area is 37.4 Å². The van der Waals surface area contributed by atoms with E-state index in [0.717, 1.165) is 0 Å². The molecule has 31 valence electrons. The van der Waals surface area contributed by atoms with E-state index in [0.29, 0.717) is 5.75 Å². The van der Waals surface area contributed by atoms with Crippen LogP contribution in [-0.2, 0) is 0 Å². The number of aliphatic hydroxyl groups is 1. The molecule has 0 aliphatic heterocycles. The third kappa shape index (κ3) is 4.31. The topological polar surface area (TPSA) is 20.2 Å². The van der Waals surface area contributed by atoms with E-state index < -0.39 is 0 Å². The van der Waals surface area contributed by atoms with Crippen molar-refractivity contribution in [1.82, 2.24) is 0 Å². The molecule has 0 saturated heterocycles. The summed E-state index contributed by atoms with van der Waals surface area (Å²) in [6, 6.07) is 0. The molecule has 0 aromatic carbocycles. The highest BCUT2D eigenvalue weighted by Gasteiger charge is 1.70. The summed E-state index contributed by atoms with van der Waals surface area (Å²) in [5.41, 5.74) is 0. The van der Waals surface area contributed by atoms with Gasteiger partial charge in [0, 0.05) is 6.61 Å². The first kappa shape index (κ1) is 5.31. The molecule has 0 aliphatic rings. The van der Waals surface area contributed by atoms with Crippen LogP contribution >= 0.6 is 12.6 Å². The minimum absolute atomic E-state index is 0.142. The zero-order valence-electron chi connectivity index (χ0n) is 2.89. The highest BCUT2D eigenvalue weighted by molar-refractivity contribution is 7.80. The number of aliphatic hydroxyl groups excluding tert-OH is 1. The Hall–Kier alpha value is 0.310. The highest BCUT2D eigenvalue weighted by atomic mass is 32.1. The van der Waals surface area contributed by atoms with E-state index in [2.05, 4.69) is 12.6 Å². The first-order chi connectivity index (χ1) is 2.41. The predicted molar refractivity (Wildman–Crippen MR) is 25.2 cm³/mol. The molecule has 0 aromatic heterocycles. The summed E-state index contributed by atoms with van der Waals surface area (Å²) in [6.07, 6.45) is 1.67. The summed E-state index contributed by atoms with van der Waals surface area (Å²) in [6.45, 7) is 0.142. The van der Waals surface area contributed by atoms with Gasteiger partial charge in [0.2, 0.25) is 0 Å². The Bertz CT molecular complexity index is 14.4. The van der Waals surface area contributed by atoms with Crippen molar-refractivity contribution in [2.45, 2.75) is 0 Å². The molecule has 0 unspecified atom stereocenters. The maximum absolute atomic E-state index is 7.96. The van der Waals surface area contributed by atoms with Crippen molar-refractivity contribution in [1.29, 1.82) is 0 Å². The van der Waals surface area contributed by atoms with Gasteiger partial charge in [-0.25, -0.2) is 0 Å². The first-order valence-corrected chi connectivity index (χ1v) is 2.08. The Kier molecular flexibility index (Phi) is 4.58. The fourth-order valence-electron chi connectivity index (χ4n) is 0.0577. The van der Waals surface area contributed by atoms with Crippen LogP contribution in [0.15, 0.2) is 0 Å². The molecule has 0 bridgehead atoms. The van der Waals surface area contributed by atoms with Crippen LogP contribution in [0.1, 0.15) is 0 Å². The molecule has 0 spiro atoms. The molecule has 5 heavy (non-hydrogen) atoms. The van der Waals surface area contributed by atoms with Crippen LogP contribution in [-0.4, -0.2) is 17.5 Å². The van der Waals surface area contributed by atoms with Gasteiger partial charge < -0.3 is 5.11 Å². The number of rotatable bonds is 2. The largest absolute Gasteiger partial charge is 0.396 e. The molecule has 1 radical (unpaired) electrons. The molecule has 0 saturated carbocycles. The zero-order chi connectivity index (χ0) is 4.12. The minimum Gasteiger partial charge on any atom is -0.396 e. The molecule has 2 heteroatoms. The summed E-state index contributed by atoms with van der Waals surface area (Å²) in [4.78, 5) is 0. The van der Waals surface area contributed by atoms with Crippen molar-refractivity contribution < 1.29 is 5.11 Å². The van der Waals surface area contributed by atoms with Gasteiger partial charge in [-0.05, 0) is 12.2 Å². The average molecular weight is 91.2 g/mol. The van der Waals surface area contributed by atoms with Crippen LogP contribution in [0.2, 0.25) is 0 Å². The van der Waals surface area contributed by atoms with Gasteiger partial charge in [0.25, 0.3) is 0 Å². The molecule has 1 N–H and O–H groups in total. The fourth-order valence-corrected chi connectivity index (χ4v) is 0.173. The lowest BCUT2D eigenvalue weighted by Gasteiger charge is -1.78. The van der Waals surface area contributed by atoms with Gasteiger partial charge in [0.05, 0.1) is 0 Å².